The third-order valence-electron chi connectivity index (χ3n) is 4.15. The van der Waals surface area contributed by atoms with Gasteiger partial charge in [-0.25, -0.2) is 4.79 Å². The summed E-state index contributed by atoms with van der Waals surface area (Å²) in [6.45, 7) is 1.93. The number of rotatable bonds is 3. The van der Waals surface area contributed by atoms with Crippen molar-refractivity contribution in [2.75, 3.05) is 12.1 Å². The first-order valence-electron chi connectivity index (χ1n) is 7.59. The molecular weight excluding hydrogens is 383 g/mol. The molecule has 3 rings (SSSR count). The van der Waals surface area contributed by atoms with Crippen LogP contribution in [0.5, 0.6) is 0 Å². The lowest BCUT2D eigenvalue weighted by atomic mass is 9.91. The molecule has 130 valence electrons. The van der Waals surface area contributed by atoms with Crippen molar-refractivity contribution in [3.05, 3.63) is 63.1 Å². The Hall–Kier alpha value is -1.75. The van der Waals surface area contributed by atoms with Crippen molar-refractivity contribution in [2.45, 2.75) is 13.0 Å². The lowest BCUT2D eigenvalue weighted by Crippen LogP contribution is -2.26. The molecule has 2 atom stereocenters. The van der Waals surface area contributed by atoms with Gasteiger partial charge in [-0.3, -0.25) is 5.01 Å². The Labute approximate surface area is 160 Å². The number of anilines is 1. The summed E-state index contributed by atoms with van der Waals surface area (Å²) in [5, 5.41) is 7.85. The van der Waals surface area contributed by atoms with Gasteiger partial charge in [0.05, 0.1) is 23.9 Å². The maximum atomic E-state index is 12.1. The first kappa shape index (κ1) is 18.1. The molecule has 0 saturated heterocycles. The third kappa shape index (κ3) is 3.47. The number of benzene rings is 2. The minimum absolute atomic E-state index is 0.194. The first-order chi connectivity index (χ1) is 11.9. The van der Waals surface area contributed by atoms with E-state index in [4.69, 9.17) is 39.5 Å². The number of carbonyl (C=O) groups is 1. The Morgan fingerprint density at radius 2 is 1.72 bits per heavy atom. The van der Waals surface area contributed by atoms with Crippen LogP contribution in [0, 0.1) is 5.92 Å². The van der Waals surface area contributed by atoms with Crippen molar-refractivity contribution in [1.29, 1.82) is 0 Å². The van der Waals surface area contributed by atoms with Gasteiger partial charge in [0.15, 0.2) is 5.71 Å². The zero-order valence-corrected chi connectivity index (χ0v) is 15.8. The topological polar surface area (TPSA) is 41.9 Å². The standard InChI is InChI=1S/C18H15Cl3N2O2/c1-10-16(18(24)25-2)22-23(15-8-7-13(20)9-14(15)21)17(10)11-3-5-12(19)6-4-11/h3-10,17H,1-2H3/t10-,17-/m0/s1. The van der Waals surface area contributed by atoms with Crippen molar-refractivity contribution >= 4 is 52.2 Å². The quantitative estimate of drug-likeness (QED) is 0.654. The van der Waals surface area contributed by atoms with Gasteiger partial charge in [0.1, 0.15) is 0 Å². The predicted molar refractivity (Wildman–Crippen MR) is 102 cm³/mol. The molecule has 0 fully saturated rings. The first-order valence-corrected chi connectivity index (χ1v) is 8.72. The van der Waals surface area contributed by atoms with Gasteiger partial charge in [-0.15, -0.1) is 0 Å². The molecule has 2 aromatic carbocycles. The van der Waals surface area contributed by atoms with E-state index in [9.17, 15) is 4.79 Å². The fourth-order valence-electron chi connectivity index (χ4n) is 2.92. The average Bonchev–Trinajstić information content (AvgIpc) is 2.92. The smallest absolute Gasteiger partial charge is 0.354 e. The van der Waals surface area contributed by atoms with Crippen molar-refractivity contribution in [3.63, 3.8) is 0 Å². The number of carbonyl (C=O) groups excluding carboxylic acids is 1. The van der Waals surface area contributed by atoms with Crippen LogP contribution in [0.2, 0.25) is 15.1 Å². The second-order valence-corrected chi connectivity index (χ2v) is 6.98. The van der Waals surface area contributed by atoms with Gasteiger partial charge in [-0.05, 0) is 35.9 Å². The maximum absolute atomic E-state index is 12.1. The Morgan fingerprint density at radius 3 is 2.32 bits per heavy atom. The molecule has 4 nitrogen and oxygen atoms in total. The second-order valence-electron chi connectivity index (χ2n) is 5.70. The van der Waals surface area contributed by atoms with E-state index in [0.29, 0.717) is 26.5 Å². The highest BCUT2D eigenvalue weighted by Gasteiger charge is 2.40. The van der Waals surface area contributed by atoms with E-state index in [1.165, 1.54) is 7.11 Å². The normalized spacial score (nSPS) is 19.7. The second kappa shape index (κ2) is 7.24. The van der Waals surface area contributed by atoms with Crippen LogP contribution >= 0.6 is 34.8 Å². The Kier molecular flexibility index (Phi) is 5.23. The minimum atomic E-state index is -0.459. The molecule has 0 N–H and O–H groups in total. The monoisotopic (exact) mass is 396 g/mol. The van der Waals surface area contributed by atoms with Crippen LogP contribution in [0.15, 0.2) is 47.6 Å². The number of hydrogen-bond donors (Lipinski definition) is 0. The fraction of sp³-hybridized carbons (Fsp3) is 0.222. The number of nitrogens with zero attached hydrogens (tertiary/aromatic N) is 2. The molecule has 1 aliphatic heterocycles. The molecule has 0 spiro atoms. The van der Waals surface area contributed by atoms with Gasteiger partial charge in [0.25, 0.3) is 0 Å². The van der Waals surface area contributed by atoms with E-state index in [0.717, 1.165) is 5.56 Å². The molecule has 0 amide bonds. The fourth-order valence-corrected chi connectivity index (χ4v) is 3.54. The zero-order chi connectivity index (χ0) is 18.1. The summed E-state index contributed by atoms with van der Waals surface area (Å²) in [4.78, 5) is 12.1. The molecule has 7 heteroatoms. The zero-order valence-electron chi connectivity index (χ0n) is 13.5. The summed E-state index contributed by atoms with van der Waals surface area (Å²) < 4.78 is 4.87. The predicted octanol–water partition coefficient (Wildman–Crippen LogP) is 5.37. The minimum Gasteiger partial charge on any atom is -0.464 e. The van der Waals surface area contributed by atoms with E-state index in [2.05, 4.69) is 5.10 Å². The van der Waals surface area contributed by atoms with Crippen LogP contribution in [0.3, 0.4) is 0 Å². The summed E-state index contributed by atoms with van der Waals surface area (Å²) >= 11 is 18.4. The molecule has 1 aliphatic rings. The highest BCUT2D eigenvalue weighted by molar-refractivity contribution is 6.39. The van der Waals surface area contributed by atoms with Crippen molar-refractivity contribution in [1.82, 2.24) is 0 Å². The summed E-state index contributed by atoms with van der Waals surface area (Å²) in [6.07, 6.45) is 0. The molecule has 2 aromatic rings. The largest absolute Gasteiger partial charge is 0.464 e. The number of hydrogen-bond acceptors (Lipinski definition) is 4. The van der Waals surface area contributed by atoms with Gasteiger partial charge >= 0.3 is 5.97 Å². The molecule has 0 radical (unpaired) electrons. The Balaban J connectivity index is 2.10. The van der Waals surface area contributed by atoms with Gasteiger partial charge in [-0.1, -0.05) is 53.9 Å². The lowest BCUT2D eigenvalue weighted by Gasteiger charge is -2.27. The van der Waals surface area contributed by atoms with Crippen LogP contribution in [-0.2, 0) is 9.53 Å². The van der Waals surface area contributed by atoms with Gasteiger partial charge in [-0.2, -0.15) is 5.10 Å². The van der Waals surface area contributed by atoms with E-state index in [1.807, 2.05) is 19.1 Å². The summed E-state index contributed by atoms with van der Waals surface area (Å²) in [6, 6.07) is 12.4. The molecule has 25 heavy (non-hydrogen) atoms. The van der Waals surface area contributed by atoms with Gasteiger partial charge in [0.2, 0.25) is 0 Å². The number of halogens is 3. The SMILES string of the molecule is COC(=O)C1=NN(c2ccc(Cl)cc2Cl)[C@H](c2ccc(Cl)cc2)[C@H]1C. The van der Waals surface area contributed by atoms with Gasteiger partial charge in [0, 0.05) is 16.0 Å². The molecular formula is C18H15Cl3N2O2. The number of methoxy groups -OCH3 is 1. The van der Waals surface area contributed by atoms with Crippen LogP contribution in [-0.4, -0.2) is 18.8 Å². The summed E-state index contributed by atoms with van der Waals surface area (Å²) in [5.41, 5.74) is 1.97. The van der Waals surface area contributed by atoms with E-state index >= 15 is 0 Å². The van der Waals surface area contributed by atoms with E-state index < -0.39 is 5.97 Å². The third-order valence-corrected chi connectivity index (χ3v) is 4.94. The molecule has 1 heterocycles. The van der Waals surface area contributed by atoms with Crippen LogP contribution in [0.25, 0.3) is 0 Å². The van der Waals surface area contributed by atoms with Crippen molar-refractivity contribution < 1.29 is 9.53 Å². The Bertz CT molecular complexity index is 837. The molecule has 0 bridgehead atoms. The molecule has 0 aromatic heterocycles. The van der Waals surface area contributed by atoms with Crippen molar-refractivity contribution in [2.24, 2.45) is 11.0 Å². The number of ether oxygens (including phenoxy) is 1. The van der Waals surface area contributed by atoms with E-state index in [1.54, 1.807) is 35.3 Å². The number of esters is 1. The van der Waals surface area contributed by atoms with Crippen LogP contribution in [0.1, 0.15) is 18.5 Å². The maximum Gasteiger partial charge on any atom is 0.354 e. The summed E-state index contributed by atoms with van der Waals surface area (Å²) in [5.74, 6) is -0.653. The highest BCUT2D eigenvalue weighted by Crippen LogP contribution is 2.42. The van der Waals surface area contributed by atoms with Crippen LogP contribution in [0.4, 0.5) is 5.69 Å². The van der Waals surface area contributed by atoms with E-state index in [-0.39, 0.29) is 12.0 Å². The molecule has 0 saturated carbocycles. The number of hydrazone groups is 1. The molecule has 0 aliphatic carbocycles. The molecule has 0 unspecified atom stereocenters. The Morgan fingerprint density at radius 1 is 1.08 bits per heavy atom. The summed E-state index contributed by atoms with van der Waals surface area (Å²) in [7, 11) is 1.34. The highest BCUT2D eigenvalue weighted by atomic mass is 35.5. The average molecular weight is 398 g/mol. The van der Waals surface area contributed by atoms with Crippen LogP contribution < -0.4 is 5.01 Å². The lowest BCUT2D eigenvalue weighted by molar-refractivity contribution is -0.133. The van der Waals surface area contributed by atoms with Gasteiger partial charge < -0.3 is 4.74 Å². The van der Waals surface area contributed by atoms with Crippen molar-refractivity contribution in [3.8, 4) is 0 Å².